The first kappa shape index (κ1) is 13.4. The van der Waals surface area contributed by atoms with Gasteiger partial charge in [0.25, 0.3) is 0 Å². The van der Waals surface area contributed by atoms with Crippen molar-refractivity contribution < 1.29 is 31.9 Å². The van der Waals surface area contributed by atoms with Gasteiger partial charge in [-0.1, -0.05) is 6.07 Å². The quantitative estimate of drug-likeness (QED) is 0.842. The van der Waals surface area contributed by atoms with E-state index >= 15 is 0 Å². The van der Waals surface area contributed by atoms with Crippen LogP contribution in [0.15, 0.2) is 12.1 Å². The average Bonchev–Trinajstić information content (AvgIpc) is 2.18. The van der Waals surface area contributed by atoms with Gasteiger partial charge < -0.3 is 5.11 Å². The smallest absolute Gasteiger partial charge is 0.419 e. The Morgan fingerprint density at radius 1 is 1.18 bits per heavy atom. The third-order valence-corrected chi connectivity index (χ3v) is 2.08. The van der Waals surface area contributed by atoms with E-state index in [1.54, 1.807) is 0 Å². The Morgan fingerprint density at radius 2 is 1.76 bits per heavy atom. The van der Waals surface area contributed by atoms with Crippen LogP contribution in [0.4, 0.5) is 22.0 Å². The number of carboxylic acids is 1. The Bertz CT molecular complexity index is 439. The molecular formula is C10H7F5O2. The second kappa shape index (κ2) is 4.68. The Kier molecular flexibility index (Phi) is 3.69. The molecule has 0 radical (unpaired) electrons. The van der Waals surface area contributed by atoms with Crippen molar-refractivity contribution in [2.75, 3.05) is 0 Å². The summed E-state index contributed by atoms with van der Waals surface area (Å²) >= 11 is 0. The van der Waals surface area contributed by atoms with Crippen molar-refractivity contribution in [3.63, 3.8) is 0 Å². The highest BCUT2D eigenvalue weighted by molar-refractivity contribution is 5.67. The lowest BCUT2D eigenvalue weighted by Crippen LogP contribution is -2.11. The summed E-state index contributed by atoms with van der Waals surface area (Å²) in [5.41, 5.74) is -2.09. The molecule has 0 aliphatic rings. The SMILES string of the molecule is O=C(O)CCc1ccc(C(F)(F)F)c(F)c1F. The highest BCUT2D eigenvalue weighted by Crippen LogP contribution is 2.33. The van der Waals surface area contributed by atoms with Crippen LogP contribution in [-0.4, -0.2) is 11.1 Å². The summed E-state index contributed by atoms with van der Waals surface area (Å²) in [6.07, 6.45) is -5.83. The number of benzene rings is 1. The van der Waals surface area contributed by atoms with Gasteiger partial charge in [0, 0.05) is 6.42 Å². The van der Waals surface area contributed by atoms with E-state index in [9.17, 15) is 26.7 Å². The summed E-state index contributed by atoms with van der Waals surface area (Å²) < 4.78 is 62.7. The average molecular weight is 254 g/mol. The van der Waals surface area contributed by atoms with Gasteiger partial charge in [-0.25, -0.2) is 8.78 Å². The maximum atomic E-state index is 13.2. The Hall–Kier alpha value is -1.66. The third-order valence-electron chi connectivity index (χ3n) is 2.08. The van der Waals surface area contributed by atoms with E-state index in [1.807, 2.05) is 0 Å². The fraction of sp³-hybridized carbons (Fsp3) is 0.300. The van der Waals surface area contributed by atoms with Gasteiger partial charge in [-0.05, 0) is 18.1 Å². The summed E-state index contributed by atoms with van der Waals surface area (Å²) in [6.45, 7) is 0. The lowest BCUT2D eigenvalue weighted by atomic mass is 10.1. The van der Waals surface area contributed by atoms with Gasteiger partial charge in [0.05, 0.1) is 5.56 Å². The van der Waals surface area contributed by atoms with Crippen LogP contribution in [0.2, 0.25) is 0 Å². The van der Waals surface area contributed by atoms with Gasteiger partial charge in [-0.15, -0.1) is 0 Å². The van der Waals surface area contributed by atoms with Gasteiger partial charge in [0.2, 0.25) is 0 Å². The lowest BCUT2D eigenvalue weighted by Gasteiger charge is -2.10. The molecule has 1 N–H and O–H groups in total. The second-order valence-corrected chi connectivity index (χ2v) is 3.29. The highest BCUT2D eigenvalue weighted by atomic mass is 19.4. The molecule has 1 aromatic rings. The number of carbonyl (C=O) groups is 1. The zero-order valence-electron chi connectivity index (χ0n) is 8.31. The van der Waals surface area contributed by atoms with Crippen molar-refractivity contribution in [3.05, 3.63) is 34.9 Å². The molecule has 0 bridgehead atoms. The van der Waals surface area contributed by atoms with Crippen LogP contribution in [0.1, 0.15) is 17.5 Å². The number of aryl methyl sites for hydroxylation is 1. The number of aliphatic carboxylic acids is 1. The standard InChI is InChI=1S/C10H7F5O2/c11-8-5(2-4-7(16)17)1-3-6(9(8)12)10(13,14)15/h1,3H,2,4H2,(H,16,17). The molecule has 0 aromatic heterocycles. The molecule has 94 valence electrons. The minimum absolute atomic E-state index is 0.365. The molecule has 0 aliphatic heterocycles. The number of hydrogen-bond donors (Lipinski definition) is 1. The number of halogens is 5. The summed E-state index contributed by atoms with van der Waals surface area (Å²) in [6, 6.07) is 1.14. The van der Waals surface area contributed by atoms with Crippen LogP contribution in [0, 0.1) is 11.6 Å². The zero-order chi connectivity index (χ0) is 13.2. The Morgan fingerprint density at radius 3 is 2.24 bits per heavy atom. The minimum atomic E-state index is -4.98. The maximum absolute atomic E-state index is 13.2. The fourth-order valence-corrected chi connectivity index (χ4v) is 1.24. The summed E-state index contributed by atoms with van der Waals surface area (Å²) in [7, 11) is 0. The van der Waals surface area contributed by atoms with E-state index in [-0.39, 0.29) is 6.42 Å². The molecule has 7 heteroatoms. The minimum Gasteiger partial charge on any atom is -0.481 e. The molecule has 1 aromatic carbocycles. The molecule has 2 nitrogen and oxygen atoms in total. The predicted octanol–water partition coefficient (Wildman–Crippen LogP) is 3.00. The molecule has 0 heterocycles. The zero-order valence-corrected chi connectivity index (χ0v) is 8.31. The molecule has 0 fully saturated rings. The van der Waals surface area contributed by atoms with Gasteiger partial charge in [0.15, 0.2) is 11.6 Å². The monoisotopic (exact) mass is 254 g/mol. The largest absolute Gasteiger partial charge is 0.481 e. The van der Waals surface area contributed by atoms with E-state index in [1.165, 1.54) is 0 Å². The molecule has 0 spiro atoms. The maximum Gasteiger partial charge on any atom is 0.419 e. The van der Waals surface area contributed by atoms with Crippen molar-refractivity contribution in [2.45, 2.75) is 19.0 Å². The summed E-state index contributed by atoms with van der Waals surface area (Å²) in [5.74, 6) is -4.90. The second-order valence-electron chi connectivity index (χ2n) is 3.29. The van der Waals surface area contributed by atoms with Crippen LogP contribution in [0.25, 0.3) is 0 Å². The summed E-state index contributed by atoms with van der Waals surface area (Å²) in [4.78, 5) is 10.2. The molecule has 0 aliphatic carbocycles. The van der Waals surface area contributed by atoms with Crippen LogP contribution >= 0.6 is 0 Å². The predicted molar refractivity (Wildman–Crippen MR) is 47.3 cm³/mol. The highest BCUT2D eigenvalue weighted by Gasteiger charge is 2.35. The normalized spacial score (nSPS) is 11.6. The lowest BCUT2D eigenvalue weighted by molar-refractivity contribution is -0.140. The Balaban J connectivity index is 3.07. The molecule has 0 saturated heterocycles. The first-order valence-corrected chi connectivity index (χ1v) is 4.49. The number of alkyl halides is 3. The van der Waals surface area contributed by atoms with Crippen molar-refractivity contribution in [2.24, 2.45) is 0 Å². The third kappa shape index (κ3) is 3.15. The van der Waals surface area contributed by atoms with Crippen LogP contribution < -0.4 is 0 Å². The molecule has 0 amide bonds. The first-order valence-electron chi connectivity index (χ1n) is 4.49. The van der Waals surface area contributed by atoms with Gasteiger partial charge in [-0.3, -0.25) is 4.79 Å². The van der Waals surface area contributed by atoms with E-state index in [2.05, 4.69) is 0 Å². The number of rotatable bonds is 3. The van der Waals surface area contributed by atoms with Crippen LogP contribution in [0.5, 0.6) is 0 Å². The van der Waals surface area contributed by atoms with E-state index in [0.29, 0.717) is 6.07 Å². The summed E-state index contributed by atoms with van der Waals surface area (Å²) in [5, 5.41) is 8.32. The molecule has 17 heavy (non-hydrogen) atoms. The fourth-order valence-electron chi connectivity index (χ4n) is 1.24. The van der Waals surface area contributed by atoms with E-state index in [0.717, 1.165) is 6.07 Å². The topological polar surface area (TPSA) is 37.3 Å². The number of hydrogen-bond acceptors (Lipinski definition) is 1. The molecule has 1 rings (SSSR count). The van der Waals surface area contributed by atoms with Crippen LogP contribution in [-0.2, 0) is 17.4 Å². The van der Waals surface area contributed by atoms with E-state index in [4.69, 9.17) is 5.11 Å². The number of carboxylic acid groups (broad SMARTS) is 1. The van der Waals surface area contributed by atoms with Crippen LogP contribution in [0.3, 0.4) is 0 Å². The molecular weight excluding hydrogens is 247 g/mol. The van der Waals surface area contributed by atoms with Crippen molar-refractivity contribution in [3.8, 4) is 0 Å². The Labute approximate surface area is 92.7 Å². The van der Waals surface area contributed by atoms with Gasteiger partial charge in [0.1, 0.15) is 0 Å². The van der Waals surface area contributed by atoms with Gasteiger partial charge >= 0.3 is 12.1 Å². The molecule has 0 saturated carbocycles. The van der Waals surface area contributed by atoms with E-state index < -0.39 is 41.3 Å². The molecule has 0 atom stereocenters. The van der Waals surface area contributed by atoms with Crippen molar-refractivity contribution in [1.29, 1.82) is 0 Å². The van der Waals surface area contributed by atoms with Gasteiger partial charge in [-0.2, -0.15) is 13.2 Å². The first-order chi connectivity index (χ1) is 7.73. The molecule has 0 unspecified atom stereocenters. The van der Waals surface area contributed by atoms with Crippen molar-refractivity contribution >= 4 is 5.97 Å². The van der Waals surface area contributed by atoms with Crippen molar-refractivity contribution in [1.82, 2.24) is 0 Å².